The Morgan fingerprint density at radius 3 is 2.70 bits per heavy atom. The van der Waals surface area contributed by atoms with Gasteiger partial charge in [0.1, 0.15) is 0 Å². The van der Waals surface area contributed by atoms with Gasteiger partial charge in [0.25, 0.3) is 0 Å². The van der Waals surface area contributed by atoms with Crippen molar-refractivity contribution in [2.24, 2.45) is 20.7 Å². The SMILES string of the molecule is C=NC.CN.Cc1ccc(CO)cc1N1C(NC=O)=NCC1C1=CC(F)=NC(F)C1. The largest absolute Gasteiger partial charge is 0.392 e. The number of aliphatic hydroxyl groups excluding tert-OH is 1. The Bertz CT molecular complexity index is 826. The molecule has 0 radical (unpaired) electrons. The molecule has 2 unspecified atom stereocenters. The van der Waals surface area contributed by atoms with Crippen molar-refractivity contribution in [1.29, 1.82) is 0 Å². The second-order valence-electron chi connectivity index (χ2n) is 6.22. The molecule has 1 aromatic carbocycles. The number of nitrogens with two attached hydrogens (primary N) is 1. The molecule has 4 N–H and O–H groups in total. The predicted molar refractivity (Wildman–Crippen MR) is 117 cm³/mol. The minimum absolute atomic E-state index is 0.0305. The number of nitrogens with zero attached hydrogens (tertiary/aromatic N) is 4. The minimum Gasteiger partial charge on any atom is -0.392 e. The minimum atomic E-state index is -1.63. The molecule has 2 heterocycles. The van der Waals surface area contributed by atoms with Crippen molar-refractivity contribution >= 4 is 30.7 Å². The van der Waals surface area contributed by atoms with Crippen LogP contribution in [0.4, 0.5) is 14.5 Å². The number of halogens is 2. The number of carbonyl (C=O) groups is 1. The summed E-state index contributed by atoms with van der Waals surface area (Å²) in [5.41, 5.74) is 7.29. The van der Waals surface area contributed by atoms with E-state index in [4.69, 9.17) is 0 Å². The summed E-state index contributed by atoms with van der Waals surface area (Å²) in [5.74, 6) is -0.552. The number of rotatable bonds is 4. The molecular weight excluding hydrogens is 394 g/mol. The van der Waals surface area contributed by atoms with Crippen LogP contribution in [0.3, 0.4) is 0 Å². The average molecular weight is 422 g/mol. The van der Waals surface area contributed by atoms with E-state index < -0.39 is 18.3 Å². The van der Waals surface area contributed by atoms with Crippen LogP contribution in [0.25, 0.3) is 0 Å². The van der Waals surface area contributed by atoms with Gasteiger partial charge in [0, 0.05) is 19.2 Å². The molecule has 0 fully saturated rings. The number of hydrogen-bond donors (Lipinski definition) is 3. The molecule has 3 rings (SSSR count). The molecule has 0 aromatic heterocycles. The Labute approximate surface area is 174 Å². The van der Waals surface area contributed by atoms with E-state index in [1.807, 2.05) is 13.0 Å². The number of allylic oxidation sites excluding steroid dienone is 1. The standard InChI is InChI=1S/C17H18F2N4O2.C2H5N.CH5N/c1-10-2-3-11(8-24)4-13(10)23-14(7-20-17(23)21-9-25)12-5-15(18)22-16(19)6-12;1-3-2;1-2/h2-5,9,14,16,24H,6-8H2,1H3,(H,20,21,25);1H2,2H3;2H2,1H3. The van der Waals surface area contributed by atoms with Gasteiger partial charge in [-0.25, -0.2) is 14.4 Å². The molecule has 0 spiro atoms. The summed E-state index contributed by atoms with van der Waals surface area (Å²) in [6, 6.07) is 4.97. The number of dihydropyridines is 1. The van der Waals surface area contributed by atoms with E-state index in [2.05, 4.69) is 32.7 Å². The van der Waals surface area contributed by atoms with Gasteiger partial charge in [-0.3, -0.25) is 10.1 Å². The first-order chi connectivity index (χ1) is 14.4. The van der Waals surface area contributed by atoms with Crippen LogP contribution < -0.4 is 16.0 Å². The quantitative estimate of drug-likeness (QED) is 0.389. The number of carbonyl (C=O) groups excluding carboxylic acids is 1. The van der Waals surface area contributed by atoms with Crippen molar-refractivity contribution in [2.45, 2.75) is 32.3 Å². The number of nitrogens with one attached hydrogen (secondary N) is 1. The molecule has 8 nitrogen and oxygen atoms in total. The summed E-state index contributed by atoms with van der Waals surface area (Å²) in [6.07, 6.45) is 0.0688. The second-order valence-corrected chi connectivity index (χ2v) is 6.22. The molecule has 2 aliphatic rings. The van der Waals surface area contributed by atoms with Crippen molar-refractivity contribution < 1.29 is 18.7 Å². The fraction of sp³-hybridized carbons (Fsp3) is 0.400. The predicted octanol–water partition coefficient (Wildman–Crippen LogP) is 1.66. The first-order valence-electron chi connectivity index (χ1n) is 9.19. The van der Waals surface area contributed by atoms with E-state index in [-0.39, 0.29) is 19.6 Å². The molecule has 0 saturated heterocycles. The third kappa shape index (κ3) is 6.26. The molecule has 0 aliphatic carbocycles. The van der Waals surface area contributed by atoms with E-state index in [1.54, 1.807) is 24.1 Å². The van der Waals surface area contributed by atoms with Crippen molar-refractivity contribution in [3.05, 3.63) is 41.0 Å². The Kier molecular flexibility index (Phi) is 10.5. The molecule has 1 aromatic rings. The molecule has 30 heavy (non-hydrogen) atoms. The summed E-state index contributed by atoms with van der Waals surface area (Å²) in [7, 11) is 3.14. The molecule has 1 amide bonds. The van der Waals surface area contributed by atoms with Crippen LogP contribution in [0.2, 0.25) is 0 Å². The second kappa shape index (κ2) is 12.6. The van der Waals surface area contributed by atoms with Crippen LogP contribution in [0, 0.1) is 6.92 Å². The Balaban J connectivity index is 0.000000826. The number of benzene rings is 1. The van der Waals surface area contributed by atoms with Crippen LogP contribution in [-0.2, 0) is 11.4 Å². The number of aliphatic hydroxyl groups is 1. The summed E-state index contributed by atoms with van der Waals surface area (Å²) in [4.78, 5) is 23.5. The Hall–Kier alpha value is -2.98. The molecule has 2 atom stereocenters. The summed E-state index contributed by atoms with van der Waals surface area (Å²) >= 11 is 0. The summed E-state index contributed by atoms with van der Waals surface area (Å²) in [6.45, 7) is 5.10. The molecule has 0 saturated carbocycles. The highest BCUT2D eigenvalue weighted by Crippen LogP contribution is 2.32. The number of hydrogen-bond acceptors (Lipinski definition) is 7. The van der Waals surface area contributed by atoms with Crippen LogP contribution >= 0.6 is 0 Å². The monoisotopic (exact) mass is 422 g/mol. The van der Waals surface area contributed by atoms with Gasteiger partial charge in [0.05, 0.1) is 19.2 Å². The van der Waals surface area contributed by atoms with Crippen molar-refractivity contribution in [2.75, 3.05) is 25.5 Å². The third-order valence-electron chi connectivity index (χ3n) is 4.26. The number of aryl methyl sites for hydroxylation is 1. The van der Waals surface area contributed by atoms with E-state index in [1.165, 1.54) is 13.1 Å². The summed E-state index contributed by atoms with van der Waals surface area (Å²) in [5, 5.41) is 11.9. The van der Waals surface area contributed by atoms with Gasteiger partial charge in [0.15, 0.2) is 6.30 Å². The van der Waals surface area contributed by atoms with E-state index >= 15 is 0 Å². The van der Waals surface area contributed by atoms with E-state index in [0.29, 0.717) is 29.2 Å². The fourth-order valence-corrected chi connectivity index (χ4v) is 3.08. The van der Waals surface area contributed by atoms with Gasteiger partial charge in [-0.2, -0.15) is 4.39 Å². The van der Waals surface area contributed by atoms with Crippen LogP contribution in [-0.4, -0.2) is 63.1 Å². The third-order valence-corrected chi connectivity index (χ3v) is 4.26. The number of amides is 1. The normalized spacial score (nSPS) is 19.8. The number of anilines is 1. The first-order valence-corrected chi connectivity index (χ1v) is 9.19. The van der Waals surface area contributed by atoms with Gasteiger partial charge in [-0.1, -0.05) is 12.1 Å². The van der Waals surface area contributed by atoms with Crippen LogP contribution in [0.5, 0.6) is 0 Å². The lowest BCUT2D eigenvalue weighted by molar-refractivity contribution is -0.108. The highest BCUT2D eigenvalue weighted by atomic mass is 19.1. The Morgan fingerprint density at radius 1 is 1.47 bits per heavy atom. The smallest absolute Gasteiger partial charge is 0.213 e. The zero-order valence-electron chi connectivity index (χ0n) is 17.3. The van der Waals surface area contributed by atoms with Crippen LogP contribution in [0.1, 0.15) is 17.5 Å². The fourth-order valence-electron chi connectivity index (χ4n) is 3.08. The maximum absolute atomic E-state index is 13.7. The molecular formula is C20H28F2N6O2. The maximum atomic E-state index is 13.7. The van der Waals surface area contributed by atoms with Gasteiger partial charge < -0.3 is 20.7 Å². The molecule has 10 heteroatoms. The van der Waals surface area contributed by atoms with Crippen LogP contribution in [0.15, 0.2) is 44.8 Å². The van der Waals surface area contributed by atoms with E-state index in [0.717, 1.165) is 5.56 Å². The highest BCUT2D eigenvalue weighted by Gasteiger charge is 2.35. The average Bonchev–Trinajstić information content (AvgIpc) is 3.14. The lowest BCUT2D eigenvalue weighted by Crippen LogP contribution is -2.45. The highest BCUT2D eigenvalue weighted by molar-refractivity contribution is 6.04. The van der Waals surface area contributed by atoms with Gasteiger partial charge in [0.2, 0.25) is 18.3 Å². The zero-order chi connectivity index (χ0) is 22.7. The van der Waals surface area contributed by atoms with Gasteiger partial charge >= 0.3 is 0 Å². The first kappa shape index (κ1) is 25.1. The topological polar surface area (TPSA) is 116 Å². The van der Waals surface area contributed by atoms with Crippen molar-refractivity contribution in [1.82, 2.24) is 5.32 Å². The van der Waals surface area contributed by atoms with E-state index in [9.17, 15) is 18.7 Å². The lowest BCUT2D eigenvalue weighted by atomic mass is 9.98. The zero-order valence-corrected chi connectivity index (χ0v) is 17.3. The summed E-state index contributed by atoms with van der Waals surface area (Å²) < 4.78 is 27.3. The van der Waals surface area contributed by atoms with Gasteiger partial charge in [-0.05, 0) is 49.5 Å². The van der Waals surface area contributed by atoms with Crippen molar-refractivity contribution in [3.8, 4) is 0 Å². The number of alkyl halides is 1. The lowest BCUT2D eigenvalue weighted by Gasteiger charge is -2.31. The number of aliphatic imine (C=N–C) groups is 3. The van der Waals surface area contributed by atoms with Crippen molar-refractivity contribution in [3.63, 3.8) is 0 Å². The molecule has 0 bridgehead atoms. The molecule has 164 valence electrons. The number of guanidine groups is 1. The Morgan fingerprint density at radius 2 is 2.13 bits per heavy atom. The maximum Gasteiger partial charge on any atom is 0.213 e. The molecule has 2 aliphatic heterocycles. The van der Waals surface area contributed by atoms with Gasteiger partial charge in [-0.15, -0.1) is 0 Å².